The van der Waals surface area contributed by atoms with Crippen molar-refractivity contribution >= 4 is 99.6 Å². The van der Waals surface area contributed by atoms with Gasteiger partial charge in [-0.25, -0.2) is 14.4 Å². The highest BCUT2D eigenvalue weighted by Gasteiger charge is 2.77. The molecule has 1 aromatic carbocycles. The predicted octanol–water partition coefficient (Wildman–Crippen LogP) is 5.10. The van der Waals surface area contributed by atoms with Crippen molar-refractivity contribution in [2.24, 2.45) is 16.7 Å². The molecule has 2 saturated carbocycles. The van der Waals surface area contributed by atoms with Gasteiger partial charge in [-0.15, -0.1) is 0 Å². The SMILES string of the molecule is CC(=O)O[C@H]1C[C@H](OC(=O)OCC(Cl)(Cl)Cl)[C@@]2(C)C(=O)[C@H](OC(=O)OCC(Cl)(Cl)Cl)C3=C(C)[C@@H](O)C[C@@]3(C(C)(C)O)[C@@H](OC(=O)c3ccccc3)[C@@H]2[C@]1(O)CO. The lowest BCUT2D eigenvalue weighted by Gasteiger charge is -2.59. The minimum atomic E-state index is -2.80. The summed E-state index contributed by atoms with van der Waals surface area (Å²) in [6.07, 6.45) is -13.9. The Bertz CT molecular complexity index is 1720. The van der Waals surface area contributed by atoms with Gasteiger partial charge in [-0.1, -0.05) is 87.8 Å². The molecule has 3 aliphatic rings. The van der Waals surface area contributed by atoms with Gasteiger partial charge in [0.1, 0.15) is 37.1 Å². The zero-order valence-electron chi connectivity index (χ0n) is 30.4. The van der Waals surface area contributed by atoms with E-state index in [2.05, 4.69) is 0 Å². The van der Waals surface area contributed by atoms with Crippen LogP contribution in [-0.4, -0.2) is 120 Å². The molecule has 0 heterocycles. The first kappa shape index (κ1) is 46.4. The Balaban J connectivity index is 2.13. The van der Waals surface area contributed by atoms with Crippen molar-refractivity contribution in [1.29, 1.82) is 0 Å². The van der Waals surface area contributed by atoms with Gasteiger partial charge in [-0.3, -0.25) is 9.59 Å². The molecule has 1 aromatic rings. The van der Waals surface area contributed by atoms with E-state index >= 15 is 4.79 Å². The van der Waals surface area contributed by atoms with Crippen molar-refractivity contribution in [3.63, 3.8) is 0 Å². The third-order valence-corrected chi connectivity index (χ3v) is 11.3. The highest BCUT2D eigenvalue weighted by atomic mass is 35.6. The van der Waals surface area contributed by atoms with Crippen molar-refractivity contribution in [2.45, 2.75) is 96.8 Å². The third-order valence-electron chi connectivity index (χ3n) is 10.6. The molecule has 4 N–H and O–H groups in total. The summed E-state index contributed by atoms with van der Waals surface area (Å²) in [6.45, 7) is 2.95. The number of Topliss-reactive ketones (excluding diaryl/α,β-unsaturated/α-hetero) is 1. The Morgan fingerprint density at radius 3 is 1.89 bits per heavy atom. The van der Waals surface area contributed by atoms with Crippen LogP contribution in [0.3, 0.4) is 0 Å². The number of ketones is 1. The van der Waals surface area contributed by atoms with E-state index in [0.29, 0.717) is 0 Å². The largest absolute Gasteiger partial charge is 0.509 e. The van der Waals surface area contributed by atoms with Crippen LogP contribution in [0.1, 0.15) is 57.8 Å². The van der Waals surface area contributed by atoms with Crippen molar-refractivity contribution < 1.29 is 72.8 Å². The van der Waals surface area contributed by atoms with Gasteiger partial charge in [0.05, 0.1) is 34.7 Å². The van der Waals surface area contributed by atoms with E-state index in [1.807, 2.05) is 0 Å². The number of aliphatic hydroxyl groups is 4. The van der Waals surface area contributed by atoms with E-state index in [0.717, 1.165) is 13.8 Å². The molecule has 0 radical (unpaired) electrons. The monoisotopic (exact) mass is 910 g/mol. The number of carbonyl (C=O) groups is 5. The average Bonchev–Trinajstić information content (AvgIpc) is 3.33. The first-order valence-corrected chi connectivity index (χ1v) is 19.1. The normalized spacial score (nSPS) is 32.0. The standard InChI is InChI=1S/C35H40Cl6O15/c1-16-19(44)12-32(30(3,4)49)22(16)23(55-29(48)52-15-35(39,40)41)25(45)31(5)20(54-28(47)51-14-34(36,37)38)11-21(53-17(2)43)33(50,13-42)24(31)26(32)56-27(46)18-9-7-6-8-10-18/h6-10,19-21,23-24,26,42,44,49-50H,11-15H2,1-5H3/t19-,20-,21-,23+,24-,26-,31+,32-,33-/m0/s1. The summed E-state index contributed by atoms with van der Waals surface area (Å²) < 4.78 is 28.8. The van der Waals surface area contributed by atoms with Gasteiger partial charge in [0.15, 0.2) is 11.9 Å². The second-order valence-corrected chi connectivity index (χ2v) is 19.6. The molecular weight excluding hydrogens is 873 g/mol. The molecule has 3 aliphatic carbocycles. The van der Waals surface area contributed by atoms with Crippen LogP contribution in [0.15, 0.2) is 41.5 Å². The van der Waals surface area contributed by atoms with Gasteiger partial charge in [-0.2, -0.15) is 0 Å². The summed E-state index contributed by atoms with van der Waals surface area (Å²) in [6, 6.07) is 7.39. The minimum Gasteiger partial charge on any atom is -0.459 e. The molecule has 0 unspecified atom stereocenters. The summed E-state index contributed by atoms with van der Waals surface area (Å²) in [5.41, 5.74) is -10.1. The van der Waals surface area contributed by atoms with Crippen LogP contribution < -0.4 is 0 Å². The molecule has 21 heteroatoms. The molecule has 56 heavy (non-hydrogen) atoms. The molecule has 0 spiro atoms. The fourth-order valence-electron chi connectivity index (χ4n) is 8.21. The molecule has 312 valence electrons. The summed E-state index contributed by atoms with van der Waals surface area (Å²) in [7, 11) is 0. The van der Waals surface area contributed by atoms with Crippen LogP contribution in [0.4, 0.5) is 9.59 Å². The lowest BCUT2D eigenvalue weighted by atomic mass is 9.51. The number of hydrogen-bond acceptors (Lipinski definition) is 15. The van der Waals surface area contributed by atoms with Gasteiger partial charge in [-0.05, 0) is 57.4 Å². The number of esters is 2. The van der Waals surface area contributed by atoms with E-state index in [-0.39, 0.29) is 16.7 Å². The summed E-state index contributed by atoms with van der Waals surface area (Å²) in [5.74, 6) is -5.34. The van der Waals surface area contributed by atoms with Crippen molar-refractivity contribution in [2.75, 3.05) is 19.8 Å². The molecule has 4 rings (SSSR count). The number of aliphatic hydroxyl groups excluding tert-OH is 2. The lowest BCUT2D eigenvalue weighted by Crippen LogP contribution is -2.73. The summed E-state index contributed by atoms with van der Waals surface area (Å²) in [4.78, 5) is 68.8. The Morgan fingerprint density at radius 2 is 1.41 bits per heavy atom. The van der Waals surface area contributed by atoms with Crippen molar-refractivity contribution in [3.8, 4) is 0 Å². The van der Waals surface area contributed by atoms with Gasteiger partial charge in [0, 0.05) is 19.3 Å². The zero-order chi connectivity index (χ0) is 42.4. The number of fused-ring (bicyclic) bond motifs is 2. The van der Waals surface area contributed by atoms with E-state index in [1.165, 1.54) is 45.0 Å². The molecule has 0 bridgehead atoms. The van der Waals surface area contributed by atoms with Gasteiger partial charge < -0.3 is 48.8 Å². The van der Waals surface area contributed by atoms with Crippen LogP contribution >= 0.6 is 69.6 Å². The highest BCUT2D eigenvalue weighted by molar-refractivity contribution is 6.68. The third kappa shape index (κ3) is 9.12. The van der Waals surface area contributed by atoms with Crippen LogP contribution in [0.25, 0.3) is 0 Å². The van der Waals surface area contributed by atoms with E-state index in [1.54, 1.807) is 6.07 Å². The summed E-state index contributed by atoms with van der Waals surface area (Å²) >= 11 is 34.6. The van der Waals surface area contributed by atoms with Gasteiger partial charge >= 0.3 is 24.2 Å². The molecule has 0 amide bonds. The number of benzene rings is 1. The number of carbonyl (C=O) groups excluding carboxylic acids is 5. The van der Waals surface area contributed by atoms with Crippen LogP contribution in [0.5, 0.6) is 0 Å². The molecule has 0 aliphatic heterocycles. The summed E-state index contributed by atoms with van der Waals surface area (Å²) in [5, 5.41) is 47.7. The highest BCUT2D eigenvalue weighted by Crippen LogP contribution is 2.65. The van der Waals surface area contributed by atoms with Gasteiger partial charge in [0.25, 0.3) is 0 Å². The number of hydrogen-bond donors (Lipinski definition) is 4. The maximum atomic E-state index is 15.5. The first-order chi connectivity index (χ1) is 25.6. The predicted molar refractivity (Wildman–Crippen MR) is 200 cm³/mol. The maximum Gasteiger partial charge on any atom is 0.509 e. The Morgan fingerprint density at radius 1 is 0.875 bits per heavy atom. The first-order valence-electron chi connectivity index (χ1n) is 16.9. The number of halogens is 6. The minimum absolute atomic E-state index is 0.0358. The van der Waals surface area contributed by atoms with E-state index in [9.17, 15) is 39.6 Å². The molecule has 0 aromatic heterocycles. The maximum absolute atomic E-state index is 15.5. The van der Waals surface area contributed by atoms with E-state index < -0.39 is 129 Å². The number of ether oxygens (including phenoxy) is 6. The van der Waals surface area contributed by atoms with Gasteiger partial charge in [0.2, 0.25) is 7.59 Å². The molecule has 2 fully saturated rings. The number of rotatable bonds is 9. The fraction of sp³-hybridized carbons (Fsp3) is 0.629. The smallest absolute Gasteiger partial charge is 0.459 e. The van der Waals surface area contributed by atoms with Crippen LogP contribution in [0.2, 0.25) is 0 Å². The molecule has 9 atom stereocenters. The molecule has 0 saturated heterocycles. The Hall–Kier alpha value is -2.31. The Labute approximate surface area is 351 Å². The molecule has 15 nitrogen and oxygen atoms in total. The topological polar surface area (TPSA) is 222 Å². The second-order valence-electron chi connectivity index (χ2n) is 14.6. The van der Waals surface area contributed by atoms with E-state index in [4.69, 9.17) is 98.0 Å². The van der Waals surface area contributed by atoms with Crippen molar-refractivity contribution in [3.05, 3.63) is 47.0 Å². The Kier molecular flexibility index (Phi) is 13.9. The fourth-order valence-corrected chi connectivity index (χ4v) is 8.54. The van der Waals surface area contributed by atoms with Crippen molar-refractivity contribution in [1.82, 2.24) is 0 Å². The average molecular weight is 913 g/mol. The van der Waals surface area contributed by atoms with Crippen LogP contribution in [-0.2, 0) is 38.0 Å². The zero-order valence-corrected chi connectivity index (χ0v) is 35.0. The molecular formula is C35H40Cl6O15. The quantitative estimate of drug-likeness (QED) is 0.110. The number of alkyl halides is 6. The lowest BCUT2D eigenvalue weighted by molar-refractivity contribution is -0.268. The van der Waals surface area contributed by atoms with Crippen LogP contribution in [0, 0.1) is 16.7 Å². The second kappa shape index (κ2) is 16.7.